The Bertz CT molecular complexity index is 548. The quantitative estimate of drug-likeness (QED) is 0.455. The van der Waals surface area contributed by atoms with Crippen LogP contribution in [-0.2, 0) is 10.0 Å². The lowest BCUT2D eigenvalue weighted by molar-refractivity contribution is -0.143. The minimum absolute atomic E-state index is 0.135. The van der Waals surface area contributed by atoms with Crippen LogP contribution in [0.25, 0.3) is 0 Å². The van der Waals surface area contributed by atoms with Crippen molar-refractivity contribution in [3.8, 4) is 0 Å². The molecule has 7 nitrogen and oxygen atoms in total. The fraction of sp³-hybridized carbons (Fsp3) is 0.923. The highest BCUT2D eigenvalue weighted by Gasteiger charge is 2.34. The normalized spacial score (nSPS) is 21.1. The Hall–Kier alpha value is -1.07. The van der Waals surface area contributed by atoms with E-state index in [1.54, 1.807) is 20.9 Å². The number of halogens is 3. The Morgan fingerprint density at radius 1 is 1.33 bits per heavy atom. The van der Waals surface area contributed by atoms with Crippen molar-refractivity contribution < 1.29 is 21.6 Å². The van der Waals surface area contributed by atoms with Crippen molar-refractivity contribution in [1.29, 1.82) is 0 Å². The first-order valence-electron chi connectivity index (χ1n) is 7.55. The summed E-state index contributed by atoms with van der Waals surface area (Å²) in [6.45, 7) is 3.45. The van der Waals surface area contributed by atoms with Crippen LogP contribution in [-0.4, -0.2) is 76.5 Å². The maximum Gasteiger partial charge on any atom is 0.401 e. The van der Waals surface area contributed by atoms with Gasteiger partial charge in [0.1, 0.15) is 0 Å². The summed E-state index contributed by atoms with van der Waals surface area (Å²) in [6.07, 6.45) is -2.53. The molecule has 1 rings (SSSR count). The lowest BCUT2D eigenvalue weighted by Gasteiger charge is -2.27. The number of likely N-dealkylation sites (tertiary alicyclic amines) is 1. The molecule has 0 aromatic carbocycles. The zero-order valence-corrected chi connectivity index (χ0v) is 15.2. The van der Waals surface area contributed by atoms with Gasteiger partial charge in [-0.2, -0.15) is 13.2 Å². The Morgan fingerprint density at radius 3 is 2.46 bits per heavy atom. The van der Waals surface area contributed by atoms with Crippen LogP contribution >= 0.6 is 0 Å². The third-order valence-electron chi connectivity index (χ3n) is 3.40. The van der Waals surface area contributed by atoms with Gasteiger partial charge in [-0.05, 0) is 20.3 Å². The molecule has 0 aromatic rings. The maximum atomic E-state index is 12.4. The largest absolute Gasteiger partial charge is 0.401 e. The highest BCUT2D eigenvalue weighted by atomic mass is 32.2. The topological polar surface area (TPSA) is 85.8 Å². The van der Waals surface area contributed by atoms with Crippen LogP contribution in [0.3, 0.4) is 0 Å². The molecule has 1 heterocycles. The molecule has 1 fully saturated rings. The first kappa shape index (κ1) is 21.0. The van der Waals surface area contributed by atoms with Gasteiger partial charge in [0.2, 0.25) is 10.0 Å². The number of aliphatic imine (C=N–C) groups is 1. The molecule has 3 N–H and O–H groups in total. The molecule has 1 unspecified atom stereocenters. The van der Waals surface area contributed by atoms with Crippen molar-refractivity contribution in [1.82, 2.24) is 20.3 Å². The summed E-state index contributed by atoms with van der Waals surface area (Å²) in [7, 11) is -1.80. The van der Waals surface area contributed by atoms with E-state index in [2.05, 4.69) is 20.3 Å². The van der Waals surface area contributed by atoms with E-state index in [0.29, 0.717) is 18.9 Å². The molecule has 0 amide bonds. The standard InChI is InChI=1S/C13H26F3N5O2S/c1-12(2,20-24(4,22)23)8-18-11(17-3)19-10-5-6-21(7-10)9-13(14,15)16/h10,20H,5-9H2,1-4H3,(H2,17,18,19). The van der Waals surface area contributed by atoms with Crippen LogP contribution in [0.4, 0.5) is 13.2 Å². The first-order chi connectivity index (χ1) is 10.8. The minimum Gasteiger partial charge on any atom is -0.355 e. The number of hydrogen-bond donors (Lipinski definition) is 3. The SMILES string of the molecule is CN=C(NCC(C)(C)NS(C)(=O)=O)NC1CCN(CC(F)(F)F)C1. The van der Waals surface area contributed by atoms with Crippen molar-refractivity contribution >= 4 is 16.0 Å². The Balaban J connectivity index is 2.46. The molecule has 1 atom stereocenters. The van der Waals surface area contributed by atoms with Crippen LogP contribution in [0.15, 0.2) is 4.99 Å². The fourth-order valence-electron chi connectivity index (χ4n) is 2.58. The van der Waals surface area contributed by atoms with Gasteiger partial charge in [0, 0.05) is 38.3 Å². The van der Waals surface area contributed by atoms with E-state index >= 15 is 0 Å². The summed E-state index contributed by atoms with van der Waals surface area (Å²) in [4.78, 5) is 5.37. The Morgan fingerprint density at radius 2 is 1.96 bits per heavy atom. The van der Waals surface area contributed by atoms with Gasteiger partial charge >= 0.3 is 6.18 Å². The van der Waals surface area contributed by atoms with Gasteiger partial charge in [-0.25, -0.2) is 13.1 Å². The zero-order chi connectivity index (χ0) is 18.6. The third-order valence-corrected chi connectivity index (χ3v) is 4.32. The van der Waals surface area contributed by atoms with Crippen LogP contribution in [0.2, 0.25) is 0 Å². The van der Waals surface area contributed by atoms with Gasteiger partial charge in [-0.1, -0.05) is 0 Å². The predicted molar refractivity (Wildman–Crippen MR) is 87.5 cm³/mol. The molecule has 0 spiro atoms. The van der Waals surface area contributed by atoms with E-state index in [-0.39, 0.29) is 19.1 Å². The summed E-state index contributed by atoms with van der Waals surface area (Å²) < 4.78 is 62.3. The molecule has 0 aliphatic carbocycles. The second kappa shape index (κ2) is 7.87. The van der Waals surface area contributed by atoms with E-state index in [9.17, 15) is 21.6 Å². The van der Waals surface area contributed by atoms with Crippen LogP contribution in [0, 0.1) is 0 Å². The van der Waals surface area contributed by atoms with Gasteiger partial charge in [-0.15, -0.1) is 0 Å². The van der Waals surface area contributed by atoms with E-state index in [1.807, 2.05) is 0 Å². The van der Waals surface area contributed by atoms with Gasteiger partial charge in [0.05, 0.1) is 12.8 Å². The minimum atomic E-state index is -4.20. The molecule has 0 radical (unpaired) electrons. The summed E-state index contributed by atoms with van der Waals surface area (Å²) in [5.41, 5.74) is -0.733. The molecule has 24 heavy (non-hydrogen) atoms. The second-order valence-electron chi connectivity index (χ2n) is 6.66. The molecule has 1 aliphatic rings. The number of nitrogens with one attached hydrogen (secondary N) is 3. The molecule has 11 heteroatoms. The lowest BCUT2D eigenvalue weighted by atomic mass is 10.1. The average molecular weight is 373 g/mol. The number of alkyl halides is 3. The van der Waals surface area contributed by atoms with Gasteiger partial charge < -0.3 is 10.6 Å². The smallest absolute Gasteiger partial charge is 0.355 e. The monoisotopic (exact) mass is 373 g/mol. The molecular weight excluding hydrogens is 347 g/mol. The molecule has 1 aliphatic heterocycles. The molecule has 0 bridgehead atoms. The Labute approximate surface area is 141 Å². The van der Waals surface area contributed by atoms with Crippen LogP contribution in [0.5, 0.6) is 0 Å². The molecule has 0 saturated carbocycles. The lowest BCUT2D eigenvalue weighted by Crippen LogP contribution is -2.54. The molecular formula is C13H26F3N5O2S. The zero-order valence-electron chi connectivity index (χ0n) is 14.4. The number of nitrogens with zero attached hydrogens (tertiary/aromatic N) is 2. The summed E-state index contributed by atoms with van der Waals surface area (Å²) in [6, 6.07) is -0.135. The molecule has 0 aromatic heterocycles. The van der Waals surface area contributed by atoms with E-state index in [1.165, 1.54) is 4.90 Å². The molecule has 1 saturated heterocycles. The van der Waals surface area contributed by atoms with Crippen molar-refractivity contribution in [3.05, 3.63) is 0 Å². The molecule has 142 valence electrons. The van der Waals surface area contributed by atoms with E-state index in [0.717, 1.165) is 6.26 Å². The maximum absolute atomic E-state index is 12.4. The fourth-order valence-corrected chi connectivity index (χ4v) is 3.65. The van der Waals surface area contributed by atoms with Crippen molar-refractivity contribution in [3.63, 3.8) is 0 Å². The summed E-state index contributed by atoms with van der Waals surface area (Å²) >= 11 is 0. The number of rotatable bonds is 6. The Kier molecular flexibility index (Phi) is 6.88. The van der Waals surface area contributed by atoms with Crippen molar-refractivity contribution in [2.75, 3.05) is 39.5 Å². The predicted octanol–water partition coefficient (Wildman–Crippen LogP) is 0.116. The van der Waals surface area contributed by atoms with Gasteiger partial charge in [0.25, 0.3) is 0 Å². The number of guanidine groups is 1. The highest BCUT2D eigenvalue weighted by Crippen LogP contribution is 2.19. The third kappa shape index (κ3) is 8.69. The van der Waals surface area contributed by atoms with E-state index in [4.69, 9.17) is 0 Å². The van der Waals surface area contributed by atoms with Crippen molar-refractivity contribution in [2.45, 2.75) is 38.0 Å². The van der Waals surface area contributed by atoms with Crippen LogP contribution in [0.1, 0.15) is 20.3 Å². The van der Waals surface area contributed by atoms with Crippen molar-refractivity contribution in [2.24, 2.45) is 4.99 Å². The van der Waals surface area contributed by atoms with Gasteiger partial charge in [0.15, 0.2) is 5.96 Å². The van der Waals surface area contributed by atoms with E-state index < -0.39 is 28.3 Å². The number of hydrogen-bond acceptors (Lipinski definition) is 4. The highest BCUT2D eigenvalue weighted by molar-refractivity contribution is 7.88. The second-order valence-corrected chi connectivity index (χ2v) is 8.41. The van der Waals surface area contributed by atoms with Gasteiger partial charge in [-0.3, -0.25) is 9.89 Å². The summed E-state index contributed by atoms with van der Waals surface area (Å²) in [5, 5.41) is 6.06. The first-order valence-corrected chi connectivity index (χ1v) is 9.44. The number of sulfonamides is 1. The van der Waals surface area contributed by atoms with Crippen LogP contribution < -0.4 is 15.4 Å². The average Bonchev–Trinajstić information content (AvgIpc) is 2.76. The summed E-state index contributed by atoms with van der Waals surface area (Å²) in [5.74, 6) is 0.428.